The highest BCUT2D eigenvalue weighted by atomic mass is 19.4. The Bertz CT molecular complexity index is 816. The first-order valence-corrected chi connectivity index (χ1v) is 7.96. The molecule has 0 saturated carbocycles. The second-order valence-corrected chi connectivity index (χ2v) is 6.40. The number of hydrogen-bond acceptors (Lipinski definition) is 2. The van der Waals surface area contributed by atoms with Crippen LogP contribution in [0.1, 0.15) is 41.4 Å². The first-order valence-electron chi connectivity index (χ1n) is 7.96. The molecule has 0 aliphatic heterocycles. The maximum absolute atomic E-state index is 14.3. The number of carbonyl (C=O) groups excluding carboxylic acids is 1. The average Bonchev–Trinajstić information content (AvgIpc) is 2.52. The number of alkyl halides is 3. The van der Waals surface area contributed by atoms with Gasteiger partial charge in [-0.3, -0.25) is 4.79 Å². The number of hydrogen-bond donors (Lipinski definition) is 2. The van der Waals surface area contributed by atoms with Crippen LogP contribution in [0.3, 0.4) is 0 Å². The number of halogens is 4. The van der Waals surface area contributed by atoms with E-state index in [9.17, 15) is 27.5 Å². The van der Waals surface area contributed by atoms with Gasteiger partial charge < -0.3 is 10.4 Å². The number of rotatable bonds is 4. The number of carbonyl (C=O) groups is 1. The van der Waals surface area contributed by atoms with Crippen LogP contribution in [-0.4, -0.2) is 23.2 Å². The van der Waals surface area contributed by atoms with Gasteiger partial charge in [-0.1, -0.05) is 12.1 Å². The molecular weight excluding hydrogens is 350 g/mol. The zero-order chi connectivity index (χ0) is 19.6. The Morgan fingerprint density at radius 2 is 1.77 bits per heavy atom. The molecule has 0 aromatic heterocycles. The quantitative estimate of drug-likeness (QED) is 0.778. The first-order chi connectivity index (χ1) is 12.0. The minimum Gasteiger partial charge on any atom is -0.379 e. The predicted octanol–water partition coefficient (Wildman–Crippen LogP) is 4.54. The van der Waals surface area contributed by atoms with Crippen molar-refractivity contribution in [3.63, 3.8) is 0 Å². The average molecular weight is 369 g/mol. The van der Waals surface area contributed by atoms with E-state index in [0.29, 0.717) is 5.56 Å². The molecule has 2 aromatic rings. The summed E-state index contributed by atoms with van der Waals surface area (Å²) in [6.07, 6.45) is -7.68. The van der Waals surface area contributed by atoms with Gasteiger partial charge in [0.2, 0.25) is 0 Å². The maximum atomic E-state index is 14.3. The molecule has 0 heterocycles. The molecule has 0 fully saturated rings. The lowest BCUT2D eigenvalue weighted by molar-refractivity contribution is -0.206. The Hall–Kier alpha value is -2.41. The van der Waals surface area contributed by atoms with Crippen molar-refractivity contribution >= 4 is 5.91 Å². The van der Waals surface area contributed by atoms with Gasteiger partial charge in [0.1, 0.15) is 5.82 Å². The van der Waals surface area contributed by atoms with Crippen molar-refractivity contribution in [3.05, 3.63) is 58.9 Å². The minimum absolute atomic E-state index is 0.0467. The normalized spacial score (nSPS) is 13.0. The van der Waals surface area contributed by atoms with Crippen LogP contribution >= 0.6 is 0 Å². The summed E-state index contributed by atoms with van der Waals surface area (Å²) in [7, 11) is 0. The second kappa shape index (κ2) is 7.45. The van der Waals surface area contributed by atoms with E-state index in [2.05, 4.69) is 5.32 Å². The Labute approximate surface area is 148 Å². The highest BCUT2D eigenvalue weighted by Crippen LogP contribution is 2.35. The Balaban J connectivity index is 2.62. The van der Waals surface area contributed by atoms with Crippen LogP contribution in [0, 0.1) is 12.7 Å². The van der Waals surface area contributed by atoms with Crippen LogP contribution < -0.4 is 5.32 Å². The molecule has 2 N–H and O–H groups in total. The lowest BCUT2D eigenvalue weighted by Crippen LogP contribution is -2.30. The van der Waals surface area contributed by atoms with Gasteiger partial charge in [0, 0.05) is 17.2 Å². The van der Waals surface area contributed by atoms with Crippen molar-refractivity contribution < 1.29 is 27.5 Å². The van der Waals surface area contributed by atoms with Gasteiger partial charge in [0.05, 0.1) is 0 Å². The molecule has 0 aliphatic rings. The number of nitrogens with one attached hydrogen (secondary N) is 1. The third-order valence-electron chi connectivity index (χ3n) is 3.70. The van der Waals surface area contributed by atoms with Gasteiger partial charge in [-0.25, -0.2) is 4.39 Å². The van der Waals surface area contributed by atoms with E-state index < -0.39 is 29.6 Å². The van der Waals surface area contributed by atoms with E-state index in [1.54, 1.807) is 26.8 Å². The van der Waals surface area contributed by atoms with E-state index in [4.69, 9.17) is 0 Å². The number of aliphatic hydroxyl groups excluding tert-OH is 1. The Morgan fingerprint density at radius 1 is 1.12 bits per heavy atom. The molecule has 140 valence electrons. The number of amides is 1. The molecule has 1 atom stereocenters. The molecule has 7 heteroatoms. The Morgan fingerprint density at radius 3 is 2.31 bits per heavy atom. The van der Waals surface area contributed by atoms with Crippen LogP contribution in [0.15, 0.2) is 36.4 Å². The van der Waals surface area contributed by atoms with Crippen molar-refractivity contribution in [2.75, 3.05) is 0 Å². The molecule has 3 nitrogen and oxygen atoms in total. The summed E-state index contributed by atoms with van der Waals surface area (Å²) in [5.41, 5.74) is 0.163. The zero-order valence-electron chi connectivity index (χ0n) is 14.5. The maximum Gasteiger partial charge on any atom is 0.418 e. The third kappa shape index (κ3) is 4.60. The lowest BCUT2D eigenvalue weighted by Gasteiger charge is -2.18. The SMILES string of the molecule is Cc1ccc(-c2cc(C(=O)NC(C)C)cc(C(O)C(F)(F)F)c2)c(F)c1. The van der Waals surface area contributed by atoms with Crippen LogP contribution in [-0.2, 0) is 0 Å². The summed E-state index contributed by atoms with van der Waals surface area (Å²) in [6, 6.07) is 7.35. The highest BCUT2D eigenvalue weighted by molar-refractivity contribution is 5.96. The second-order valence-electron chi connectivity index (χ2n) is 6.40. The van der Waals surface area contributed by atoms with Crippen LogP contribution in [0.25, 0.3) is 11.1 Å². The van der Waals surface area contributed by atoms with Gasteiger partial charge >= 0.3 is 6.18 Å². The molecule has 0 radical (unpaired) electrons. The topological polar surface area (TPSA) is 49.3 Å². The predicted molar refractivity (Wildman–Crippen MR) is 90.2 cm³/mol. The molecule has 1 amide bonds. The fraction of sp³-hybridized carbons (Fsp3) is 0.316. The monoisotopic (exact) mass is 369 g/mol. The smallest absolute Gasteiger partial charge is 0.379 e. The molecule has 2 aromatic carbocycles. The van der Waals surface area contributed by atoms with Crippen molar-refractivity contribution in [2.24, 2.45) is 0 Å². The van der Waals surface area contributed by atoms with E-state index in [1.807, 2.05) is 0 Å². The van der Waals surface area contributed by atoms with Gasteiger partial charge in [-0.15, -0.1) is 0 Å². The largest absolute Gasteiger partial charge is 0.418 e. The molecule has 1 unspecified atom stereocenters. The van der Waals surface area contributed by atoms with Crippen LogP contribution in [0.4, 0.5) is 17.6 Å². The van der Waals surface area contributed by atoms with Crippen molar-refractivity contribution in [2.45, 2.75) is 39.1 Å². The summed E-state index contributed by atoms with van der Waals surface area (Å²) in [5, 5.41) is 12.2. The molecule has 0 aliphatic carbocycles. The molecule has 0 saturated heterocycles. The summed E-state index contributed by atoms with van der Waals surface area (Å²) >= 11 is 0. The van der Waals surface area contributed by atoms with Crippen LogP contribution in [0.5, 0.6) is 0 Å². The fourth-order valence-corrected chi connectivity index (χ4v) is 2.48. The fourth-order valence-electron chi connectivity index (χ4n) is 2.48. The van der Waals surface area contributed by atoms with E-state index in [1.165, 1.54) is 18.2 Å². The highest BCUT2D eigenvalue weighted by Gasteiger charge is 2.39. The zero-order valence-corrected chi connectivity index (χ0v) is 14.5. The van der Waals surface area contributed by atoms with E-state index in [-0.39, 0.29) is 22.7 Å². The van der Waals surface area contributed by atoms with Gasteiger partial charge in [-0.05, 0) is 61.7 Å². The molecule has 0 spiro atoms. The van der Waals surface area contributed by atoms with Gasteiger partial charge in [0.25, 0.3) is 5.91 Å². The van der Waals surface area contributed by atoms with Crippen molar-refractivity contribution in [1.29, 1.82) is 0 Å². The van der Waals surface area contributed by atoms with Crippen LogP contribution in [0.2, 0.25) is 0 Å². The molecule has 26 heavy (non-hydrogen) atoms. The van der Waals surface area contributed by atoms with E-state index in [0.717, 1.165) is 12.1 Å². The summed E-state index contributed by atoms with van der Waals surface area (Å²) in [4.78, 5) is 12.2. The third-order valence-corrected chi connectivity index (χ3v) is 3.70. The standard InChI is InChI=1S/C19H19F4NO2/c1-10(2)24-18(26)14-8-12(15-5-4-11(3)6-16(15)20)7-13(9-14)17(25)19(21,22)23/h4-10,17,25H,1-3H3,(H,24,26). The summed E-state index contributed by atoms with van der Waals surface area (Å²) < 4.78 is 53.0. The summed E-state index contributed by atoms with van der Waals surface area (Å²) in [5.74, 6) is -1.23. The van der Waals surface area contributed by atoms with E-state index >= 15 is 0 Å². The van der Waals surface area contributed by atoms with Gasteiger partial charge in [-0.2, -0.15) is 13.2 Å². The molecule has 0 bridgehead atoms. The first kappa shape index (κ1) is 19.9. The number of aryl methyl sites for hydroxylation is 1. The molecular formula is C19H19F4NO2. The van der Waals surface area contributed by atoms with Gasteiger partial charge in [0.15, 0.2) is 6.10 Å². The number of aliphatic hydroxyl groups is 1. The van der Waals surface area contributed by atoms with Crippen molar-refractivity contribution in [3.8, 4) is 11.1 Å². The minimum atomic E-state index is -4.91. The number of benzene rings is 2. The molecule has 2 rings (SSSR count). The Kier molecular flexibility index (Phi) is 5.71. The summed E-state index contributed by atoms with van der Waals surface area (Å²) in [6.45, 7) is 5.08. The van der Waals surface area contributed by atoms with Crippen molar-refractivity contribution in [1.82, 2.24) is 5.32 Å². The lowest BCUT2D eigenvalue weighted by atomic mass is 9.96.